The number of nitrogens with one attached hydrogen (secondary N) is 1. The van der Waals surface area contributed by atoms with Crippen LogP contribution in [0.4, 0.5) is 0 Å². The monoisotopic (exact) mass is 302 g/mol. The van der Waals surface area contributed by atoms with Gasteiger partial charge in [0, 0.05) is 23.6 Å². The molecule has 5 heteroatoms. The summed E-state index contributed by atoms with van der Waals surface area (Å²) in [5, 5.41) is 12.7. The standard InChI is InChI=1S/C17H22N2O3/c1-4-19-10-13(12-7-5-6-8-15(12)19)16(20)18-14(17(21)22)9-11(2)3/h5-8,10-11,14H,4,9H2,1-3H3,(H,18,20)(H,21,22)/t14-/m1/s1. The van der Waals surface area contributed by atoms with E-state index in [1.807, 2.05) is 49.6 Å². The van der Waals surface area contributed by atoms with Crippen molar-refractivity contribution in [2.75, 3.05) is 0 Å². The van der Waals surface area contributed by atoms with Crippen LogP contribution in [-0.2, 0) is 11.3 Å². The number of aromatic nitrogens is 1. The van der Waals surface area contributed by atoms with Crippen molar-refractivity contribution in [2.45, 2.75) is 39.8 Å². The lowest BCUT2D eigenvalue weighted by Gasteiger charge is -2.16. The van der Waals surface area contributed by atoms with Gasteiger partial charge in [0.15, 0.2) is 0 Å². The van der Waals surface area contributed by atoms with Gasteiger partial charge in [0.05, 0.1) is 5.56 Å². The predicted molar refractivity (Wildman–Crippen MR) is 86.0 cm³/mol. The number of rotatable bonds is 6. The first-order valence-electron chi connectivity index (χ1n) is 7.55. The Bertz CT molecular complexity index is 688. The van der Waals surface area contributed by atoms with Gasteiger partial charge in [-0.15, -0.1) is 0 Å². The molecule has 1 aromatic carbocycles. The quantitative estimate of drug-likeness (QED) is 0.862. The average molecular weight is 302 g/mol. The SMILES string of the molecule is CCn1cc(C(=O)N[C@H](CC(C)C)C(=O)O)c2ccccc21. The van der Waals surface area contributed by atoms with Crippen molar-refractivity contribution in [3.8, 4) is 0 Å². The van der Waals surface area contributed by atoms with Crippen LogP contribution in [0.3, 0.4) is 0 Å². The molecule has 0 fully saturated rings. The summed E-state index contributed by atoms with van der Waals surface area (Å²) in [5.41, 5.74) is 1.50. The molecule has 1 atom stereocenters. The Kier molecular flexibility index (Phi) is 4.85. The highest BCUT2D eigenvalue weighted by molar-refractivity contribution is 6.07. The van der Waals surface area contributed by atoms with Gasteiger partial charge >= 0.3 is 5.97 Å². The Hall–Kier alpha value is -2.30. The first-order valence-corrected chi connectivity index (χ1v) is 7.55. The smallest absolute Gasteiger partial charge is 0.326 e. The zero-order valence-corrected chi connectivity index (χ0v) is 13.2. The Labute approximate surface area is 129 Å². The van der Waals surface area contributed by atoms with Crippen molar-refractivity contribution in [2.24, 2.45) is 5.92 Å². The van der Waals surface area contributed by atoms with Gasteiger partial charge in [-0.3, -0.25) is 4.79 Å². The first-order chi connectivity index (χ1) is 10.4. The van der Waals surface area contributed by atoms with Gasteiger partial charge in [-0.05, 0) is 25.3 Å². The number of carboxylic acid groups (broad SMARTS) is 1. The number of fused-ring (bicyclic) bond motifs is 1. The molecule has 0 aliphatic rings. The van der Waals surface area contributed by atoms with Crippen LogP contribution in [0.15, 0.2) is 30.5 Å². The van der Waals surface area contributed by atoms with E-state index in [1.165, 1.54) is 0 Å². The van der Waals surface area contributed by atoms with E-state index in [0.717, 1.165) is 17.4 Å². The van der Waals surface area contributed by atoms with Gasteiger partial charge in [0.25, 0.3) is 5.91 Å². The van der Waals surface area contributed by atoms with E-state index in [2.05, 4.69) is 5.32 Å². The molecule has 0 saturated heterocycles. The van der Waals surface area contributed by atoms with Crippen molar-refractivity contribution >= 4 is 22.8 Å². The number of aryl methyl sites for hydroxylation is 1. The fourth-order valence-electron chi connectivity index (χ4n) is 2.62. The molecule has 22 heavy (non-hydrogen) atoms. The molecule has 1 amide bonds. The molecule has 5 nitrogen and oxygen atoms in total. The van der Waals surface area contributed by atoms with E-state index in [4.69, 9.17) is 0 Å². The largest absolute Gasteiger partial charge is 0.480 e. The number of amides is 1. The van der Waals surface area contributed by atoms with Crippen molar-refractivity contribution in [1.29, 1.82) is 0 Å². The summed E-state index contributed by atoms with van der Waals surface area (Å²) in [6, 6.07) is 6.78. The fraction of sp³-hybridized carbons (Fsp3) is 0.412. The number of carbonyl (C=O) groups excluding carboxylic acids is 1. The van der Waals surface area contributed by atoms with Crippen molar-refractivity contribution in [1.82, 2.24) is 9.88 Å². The molecule has 2 N–H and O–H groups in total. The molecule has 0 radical (unpaired) electrons. The second-order valence-electron chi connectivity index (χ2n) is 5.84. The van der Waals surface area contributed by atoms with Gasteiger partial charge in [0.1, 0.15) is 6.04 Å². The Morgan fingerprint density at radius 1 is 1.27 bits per heavy atom. The number of hydrogen-bond donors (Lipinski definition) is 2. The van der Waals surface area contributed by atoms with Crippen LogP contribution >= 0.6 is 0 Å². The number of carbonyl (C=O) groups is 2. The maximum atomic E-state index is 12.5. The van der Waals surface area contributed by atoms with E-state index in [-0.39, 0.29) is 11.8 Å². The maximum absolute atomic E-state index is 12.5. The molecule has 0 spiro atoms. The zero-order chi connectivity index (χ0) is 16.3. The van der Waals surface area contributed by atoms with Crippen LogP contribution in [0.2, 0.25) is 0 Å². The summed E-state index contributed by atoms with van der Waals surface area (Å²) >= 11 is 0. The van der Waals surface area contributed by atoms with Crippen molar-refractivity contribution in [3.63, 3.8) is 0 Å². The molecule has 0 unspecified atom stereocenters. The molecule has 2 rings (SSSR count). The number of nitrogens with zero attached hydrogens (tertiary/aromatic N) is 1. The highest BCUT2D eigenvalue weighted by Gasteiger charge is 2.23. The maximum Gasteiger partial charge on any atom is 0.326 e. The van der Waals surface area contributed by atoms with Gasteiger partial charge in [-0.2, -0.15) is 0 Å². The van der Waals surface area contributed by atoms with Crippen LogP contribution in [0.25, 0.3) is 10.9 Å². The highest BCUT2D eigenvalue weighted by Crippen LogP contribution is 2.21. The van der Waals surface area contributed by atoms with Gasteiger partial charge in [0.2, 0.25) is 0 Å². The summed E-state index contributed by atoms with van der Waals surface area (Å²) in [7, 11) is 0. The van der Waals surface area contributed by atoms with Crippen molar-refractivity contribution in [3.05, 3.63) is 36.0 Å². The number of hydrogen-bond acceptors (Lipinski definition) is 2. The van der Waals surface area contributed by atoms with Gasteiger partial charge in [-0.25, -0.2) is 4.79 Å². The average Bonchev–Trinajstić information content (AvgIpc) is 2.84. The Morgan fingerprint density at radius 2 is 1.95 bits per heavy atom. The summed E-state index contributed by atoms with van der Waals surface area (Å²) in [6.07, 6.45) is 2.20. The van der Waals surface area contributed by atoms with Crippen LogP contribution in [0, 0.1) is 5.92 Å². The number of para-hydroxylation sites is 1. The second kappa shape index (κ2) is 6.64. The van der Waals surface area contributed by atoms with E-state index in [0.29, 0.717) is 12.0 Å². The van der Waals surface area contributed by atoms with Crippen LogP contribution < -0.4 is 5.32 Å². The fourth-order valence-corrected chi connectivity index (χ4v) is 2.62. The molecular weight excluding hydrogens is 280 g/mol. The van der Waals surface area contributed by atoms with E-state index in [9.17, 15) is 14.7 Å². The minimum atomic E-state index is -0.999. The van der Waals surface area contributed by atoms with Crippen LogP contribution in [0.5, 0.6) is 0 Å². The lowest BCUT2D eigenvalue weighted by Crippen LogP contribution is -2.41. The molecule has 0 bridgehead atoms. The summed E-state index contributed by atoms with van der Waals surface area (Å²) in [4.78, 5) is 23.8. The number of benzene rings is 1. The minimum absolute atomic E-state index is 0.193. The summed E-state index contributed by atoms with van der Waals surface area (Å²) < 4.78 is 1.99. The molecule has 0 saturated carbocycles. The third kappa shape index (κ3) is 3.30. The minimum Gasteiger partial charge on any atom is -0.480 e. The van der Waals surface area contributed by atoms with Gasteiger partial charge in [-0.1, -0.05) is 32.0 Å². The molecule has 0 aliphatic heterocycles. The second-order valence-corrected chi connectivity index (χ2v) is 5.84. The molecule has 118 valence electrons. The first kappa shape index (κ1) is 16.1. The number of aliphatic carboxylic acids is 1. The summed E-state index contributed by atoms with van der Waals surface area (Å²) in [5.74, 6) is -1.14. The van der Waals surface area contributed by atoms with Crippen molar-refractivity contribution < 1.29 is 14.7 Å². The lowest BCUT2D eigenvalue weighted by atomic mass is 10.0. The van der Waals surface area contributed by atoms with Gasteiger partial charge < -0.3 is 15.0 Å². The highest BCUT2D eigenvalue weighted by atomic mass is 16.4. The zero-order valence-electron chi connectivity index (χ0n) is 13.2. The Morgan fingerprint density at radius 3 is 2.55 bits per heavy atom. The molecule has 0 aliphatic carbocycles. The predicted octanol–water partition coefficient (Wildman–Crippen LogP) is 2.89. The third-order valence-corrected chi connectivity index (χ3v) is 3.68. The van der Waals surface area contributed by atoms with Crippen LogP contribution in [0.1, 0.15) is 37.6 Å². The molecule has 2 aromatic rings. The topological polar surface area (TPSA) is 71.3 Å². The molecule has 1 aromatic heterocycles. The van der Waals surface area contributed by atoms with E-state index >= 15 is 0 Å². The van der Waals surface area contributed by atoms with E-state index in [1.54, 1.807) is 6.20 Å². The molecule has 1 heterocycles. The lowest BCUT2D eigenvalue weighted by molar-refractivity contribution is -0.139. The Balaban J connectivity index is 2.31. The van der Waals surface area contributed by atoms with E-state index < -0.39 is 12.0 Å². The third-order valence-electron chi connectivity index (χ3n) is 3.68. The number of carboxylic acids is 1. The molecular formula is C17H22N2O3. The van der Waals surface area contributed by atoms with Crippen LogP contribution in [-0.4, -0.2) is 27.6 Å². The normalized spacial score (nSPS) is 12.5. The summed E-state index contributed by atoms with van der Waals surface area (Å²) in [6.45, 7) is 6.63.